The van der Waals surface area contributed by atoms with Crippen molar-refractivity contribution < 1.29 is 4.79 Å². The first-order chi connectivity index (χ1) is 13.0. The van der Waals surface area contributed by atoms with E-state index in [1.165, 1.54) is 0 Å². The Morgan fingerprint density at radius 3 is 2.59 bits per heavy atom. The molecule has 27 heavy (non-hydrogen) atoms. The van der Waals surface area contributed by atoms with Crippen molar-refractivity contribution in [2.45, 2.75) is 20.8 Å². The van der Waals surface area contributed by atoms with Crippen LogP contribution in [0.4, 0.5) is 16.3 Å². The minimum atomic E-state index is -0.0806. The van der Waals surface area contributed by atoms with Crippen LogP contribution >= 0.6 is 0 Å². The van der Waals surface area contributed by atoms with E-state index < -0.39 is 0 Å². The van der Waals surface area contributed by atoms with Gasteiger partial charge in [0.15, 0.2) is 0 Å². The van der Waals surface area contributed by atoms with Crippen molar-refractivity contribution in [3.63, 3.8) is 0 Å². The number of rotatable bonds is 2. The summed E-state index contributed by atoms with van der Waals surface area (Å²) in [7, 11) is 0. The lowest BCUT2D eigenvalue weighted by atomic mass is 10.1. The van der Waals surface area contributed by atoms with Gasteiger partial charge in [-0.1, -0.05) is 0 Å². The largest absolute Gasteiger partial charge is 0.353 e. The van der Waals surface area contributed by atoms with E-state index in [2.05, 4.69) is 30.4 Å². The molecule has 0 radical (unpaired) electrons. The number of benzene rings is 1. The van der Waals surface area contributed by atoms with Crippen LogP contribution in [0.3, 0.4) is 0 Å². The summed E-state index contributed by atoms with van der Waals surface area (Å²) in [5.74, 6) is 1.70. The summed E-state index contributed by atoms with van der Waals surface area (Å²) in [6.07, 6.45) is 1.80. The zero-order valence-corrected chi connectivity index (χ0v) is 15.8. The monoisotopic (exact) mass is 365 g/mol. The maximum atomic E-state index is 12.6. The molecule has 1 aliphatic heterocycles. The molecule has 2 amide bonds. The number of amides is 2. The van der Waals surface area contributed by atoms with Crippen LogP contribution in [-0.2, 0) is 0 Å². The standard InChI is InChI=1S/C19H23N7O/c1-12-8-15(10-17-16(12)11-20-24-17)23-19(27)26-6-4-25(5-7-26)18-9-13(2)21-14(3)22-18/h8-11H,4-7H2,1-3H3,(H,20,24)(H,23,27). The molecule has 0 spiro atoms. The van der Waals surface area contributed by atoms with Gasteiger partial charge in [-0.25, -0.2) is 14.8 Å². The van der Waals surface area contributed by atoms with Crippen molar-refractivity contribution in [2.75, 3.05) is 36.4 Å². The number of aromatic nitrogens is 4. The number of nitrogens with one attached hydrogen (secondary N) is 2. The Labute approximate surface area is 157 Å². The molecular weight excluding hydrogens is 342 g/mol. The third kappa shape index (κ3) is 3.55. The highest BCUT2D eigenvalue weighted by atomic mass is 16.2. The van der Waals surface area contributed by atoms with Crippen molar-refractivity contribution >= 4 is 28.4 Å². The van der Waals surface area contributed by atoms with Gasteiger partial charge in [0.25, 0.3) is 0 Å². The summed E-state index contributed by atoms with van der Waals surface area (Å²) in [4.78, 5) is 25.5. The number of aryl methyl sites for hydroxylation is 3. The van der Waals surface area contributed by atoms with Crippen molar-refractivity contribution in [1.82, 2.24) is 25.1 Å². The maximum absolute atomic E-state index is 12.6. The zero-order chi connectivity index (χ0) is 19.0. The molecule has 1 aromatic carbocycles. The zero-order valence-electron chi connectivity index (χ0n) is 15.8. The second-order valence-electron chi connectivity index (χ2n) is 6.94. The Kier molecular flexibility index (Phi) is 4.39. The van der Waals surface area contributed by atoms with Gasteiger partial charge < -0.3 is 15.1 Å². The van der Waals surface area contributed by atoms with Crippen molar-refractivity contribution in [1.29, 1.82) is 0 Å². The van der Waals surface area contributed by atoms with Gasteiger partial charge in [0, 0.05) is 49.0 Å². The first kappa shape index (κ1) is 17.3. The van der Waals surface area contributed by atoms with Gasteiger partial charge in [0.2, 0.25) is 0 Å². The van der Waals surface area contributed by atoms with Crippen LogP contribution in [0.5, 0.6) is 0 Å². The van der Waals surface area contributed by atoms with E-state index in [4.69, 9.17) is 0 Å². The molecule has 140 valence electrons. The summed E-state index contributed by atoms with van der Waals surface area (Å²) in [5.41, 5.74) is 3.74. The minimum absolute atomic E-state index is 0.0806. The molecule has 0 aliphatic carbocycles. The normalized spacial score (nSPS) is 14.6. The first-order valence-electron chi connectivity index (χ1n) is 9.06. The van der Waals surface area contributed by atoms with Crippen molar-refractivity contribution in [2.24, 2.45) is 0 Å². The highest BCUT2D eigenvalue weighted by Crippen LogP contribution is 2.22. The van der Waals surface area contributed by atoms with Gasteiger partial charge in [-0.05, 0) is 38.5 Å². The van der Waals surface area contributed by atoms with E-state index in [0.717, 1.165) is 52.6 Å². The average Bonchev–Trinajstić information content (AvgIpc) is 3.10. The van der Waals surface area contributed by atoms with Crippen LogP contribution in [0.25, 0.3) is 10.9 Å². The van der Waals surface area contributed by atoms with Crippen LogP contribution in [0.2, 0.25) is 0 Å². The van der Waals surface area contributed by atoms with Crippen LogP contribution in [0.15, 0.2) is 24.4 Å². The van der Waals surface area contributed by atoms with Gasteiger partial charge in [-0.15, -0.1) is 0 Å². The van der Waals surface area contributed by atoms with Gasteiger partial charge in [-0.3, -0.25) is 5.10 Å². The highest BCUT2D eigenvalue weighted by Gasteiger charge is 2.22. The van der Waals surface area contributed by atoms with E-state index in [0.29, 0.717) is 13.1 Å². The number of fused-ring (bicyclic) bond motifs is 1. The SMILES string of the molecule is Cc1cc(N2CCN(C(=O)Nc3cc(C)c4cn[nH]c4c3)CC2)nc(C)n1. The smallest absolute Gasteiger partial charge is 0.321 e. The van der Waals surface area contributed by atoms with Crippen molar-refractivity contribution in [3.05, 3.63) is 41.5 Å². The predicted molar refractivity (Wildman–Crippen MR) is 105 cm³/mol. The molecule has 0 saturated carbocycles. The number of hydrogen-bond donors (Lipinski definition) is 2. The minimum Gasteiger partial charge on any atom is -0.353 e. The maximum Gasteiger partial charge on any atom is 0.321 e. The number of H-pyrrole nitrogens is 1. The molecule has 8 heteroatoms. The van der Waals surface area contributed by atoms with Crippen LogP contribution in [-0.4, -0.2) is 57.3 Å². The summed E-state index contributed by atoms with van der Waals surface area (Å²) >= 11 is 0. The fourth-order valence-corrected chi connectivity index (χ4v) is 3.50. The van der Waals surface area contributed by atoms with Gasteiger partial charge in [0.1, 0.15) is 11.6 Å². The Hall–Kier alpha value is -3.16. The molecule has 3 aromatic rings. The first-order valence-corrected chi connectivity index (χ1v) is 9.06. The number of carbonyl (C=O) groups excluding carboxylic acids is 1. The number of carbonyl (C=O) groups is 1. The van der Waals surface area contributed by atoms with E-state index in [1.807, 2.05) is 43.9 Å². The molecule has 3 heterocycles. The third-order valence-electron chi connectivity index (χ3n) is 4.86. The molecule has 2 N–H and O–H groups in total. The van der Waals surface area contributed by atoms with Crippen LogP contribution < -0.4 is 10.2 Å². The molecule has 1 aliphatic rings. The lowest BCUT2D eigenvalue weighted by Crippen LogP contribution is -2.50. The Morgan fingerprint density at radius 2 is 1.85 bits per heavy atom. The number of piperazine rings is 1. The van der Waals surface area contributed by atoms with E-state index in [9.17, 15) is 4.79 Å². The predicted octanol–water partition coefficient (Wildman–Crippen LogP) is 2.63. The second-order valence-corrected chi connectivity index (χ2v) is 6.94. The number of hydrogen-bond acceptors (Lipinski definition) is 5. The summed E-state index contributed by atoms with van der Waals surface area (Å²) in [6.45, 7) is 8.69. The van der Waals surface area contributed by atoms with Crippen LogP contribution in [0.1, 0.15) is 17.1 Å². The number of urea groups is 1. The topological polar surface area (TPSA) is 90.0 Å². The Bertz CT molecular complexity index is 969. The number of nitrogens with zero attached hydrogens (tertiary/aromatic N) is 5. The molecule has 2 aromatic heterocycles. The molecule has 1 saturated heterocycles. The summed E-state index contributed by atoms with van der Waals surface area (Å²) in [5, 5.41) is 11.1. The van der Waals surface area contributed by atoms with Crippen molar-refractivity contribution in [3.8, 4) is 0 Å². The van der Waals surface area contributed by atoms with E-state index >= 15 is 0 Å². The average molecular weight is 365 g/mol. The van der Waals surface area contributed by atoms with E-state index in [1.54, 1.807) is 6.20 Å². The lowest BCUT2D eigenvalue weighted by Gasteiger charge is -2.35. The fourth-order valence-electron chi connectivity index (χ4n) is 3.50. The Morgan fingerprint density at radius 1 is 1.07 bits per heavy atom. The summed E-state index contributed by atoms with van der Waals surface area (Å²) < 4.78 is 0. The van der Waals surface area contributed by atoms with Gasteiger partial charge >= 0.3 is 6.03 Å². The van der Waals surface area contributed by atoms with Gasteiger partial charge in [0.05, 0.1) is 11.7 Å². The Balaban J connectivity index is 1.40. The molecular formula is C19H23N7O. The third-order valence-corrected chi connectivity index (χ3v) is 4.86. The number of anilines is 2. The number of aromatic amines is 1. The second kappa shape index (κ2) is 6.86. The van der Waals surface area contributed by atoms with E-state index in [-0.39, 0.29) is 6.03 Å². The highest BCUT2D eigenvalue weighted by molar-refractivity contribution is 5.93. The van der Waals surface area contributed by atoms with Crippen LogP contribution in [0, 0.1) is 20.8 Å². The molecule has 1 fully saturated rings. The summed E-state index contributed by atoms with van der Waals surface area (Å²) in [6, 6.07) is 5.79. The molecule has 8 nitrogen and oxygen atoms in total. The molecule has 4 rings (SSSR count). The van der Waals surface area contributed by atoms with Gasteiger partial charge in [-0.2, -0.15) is 5.10 Å². The fraction of sp³-hybridized carbons (Fsp3) is 0.368. The molecule has 0 unspecified atom stereocenters. The molecule has 0 bridgehead atoms. The quantitative estimate of drug-likeness (QED) is 0.729. The lowest BCUT2D eigenvalue weighted by molar-refractivity contribution is 0.208. The molecule has 0 atom stereocenters.